The Labute approximate surface area is 409 Å². The van der Waals surface area contributed by atoms with Gasteiger partial charge in [-0.05, 0) is 75.3 Å². The fourth-order valence-electron chi connectivity index (χ4n) is 8.39. The maximum atomic E-state index is 13.9. The highest BCUT2D eigenvalue weighted by Gasteiger charge is 2.47. The highest BCUT2D eigenvalue weighted by Crippen LogP contribution is 2.39. The molecule has 8 rings (SSSR count). The van der Waals surface area contributed by atoms with E-state index in [0.717, 1.165) is 71.2 Å². The van der Waals surface area contributed by atoms with Gasteiger partial charge in [-0.3, -0.25) is 28.6 Å². The van der Waals surface area contributed by atoms with Crippen molar-refractivity contribution in [2.24, 2.45) is 10.4 Å². The Morgan fingerprint density at radius 1 is 1.03 bits per heavy atom. The molecule has 2 aliphatic rings. The standard InChI is InChI=1S/C50H55ClN10O5S2/c1-29-39(68-47-41(29)42(36-15-17-38(51)18-16-36)54-32(4)45-58-57-33(5)61(45)47)19-10-34-24-53-60(25-34)21-9-23-66-26-40(62)56-44(49(6,7)8)46(63)59-22-20-50(65,27-59)48(64)55-30(2)35-11-13-37(14-12-35)43-31(3)52-28-67-43/h11-18,24-25,28,30,32,44,65H,9,20-23,26-27H2,1-8H3,(H,55,64)(H,56,62)/t30-,32-,44+,50+/m0/s1. The van der Waals surface area contributed by atoms with E-state index >= 15 is 0 Å². The molecule has 4 aromatic heterocycles. The zero-order valence-electron chi connectivity index (χ0n) is 39.4. The molecule has 68 heavy (non-hydrogen) atoms. The van der Waals surface area contributed by atoms with Gasteiger partial charge in [0.2, 0.25) is 11.8 Å². The summed E-state index contributed by atoms with van der Waals surface area (Å²) in [5.74, 6) is 6.85. The largest absolute Gasteiger partial charge is 0.378 e. The van der Waals surface area contributed by atoms with Crippen molar-refractivity contribution in [1.82, 2.24) is 45.1 Å². The van der Waals surface area contributed by atoms with Crippen LogP contribution in [-0.2, 0) is 25.7 Å². The summed E-state index contributed by atoms with van der Waals surface area (Å²) < 4.78 is 9.60. The summed E-state index contributed by atoms with van der Waals surface area (Å²) in [4.78, 5) is 53.4. The molecule has 4 atom stereocenters. The first-order chi connectivity index (χ1) is 32.4. The Hall–Kier alpha value is -6.03. The van der Waals surface area contributed by atoms with Crippen LogP contribution < -0.4 is 10.6 Å². The predicted molar refractivity (Wildman–Crippen MR) is 264 cm³/mol. The minimum Gasteiger partial charge on any atom is -0.378 e. The van der Waals surface area contributed by atoms with Crippen LogP contribution in [0.4, 0.5) is 0 Å². The van der Waals surface area contributed by atoms with E-state index in [1.807, 2.05) is 109 Å². The molecule has 18 heteroatoms. The quantitative estimate of drug-likeness (QED) is 0.0790. The number of ether oxygens (including phenoxy) is 1. The summed E-state index contributed by atoms with van der Waals surface area (Å²) in [6.45, 7) is 16.0. The van der Waals surface area contributed by atoms with Crippen molar-refractivity contribution < 1.29 is 24.2 Å². The number of nitrogens with zero attached hydrogens (tertiary/aromatic N) is 8. The maximum absolute atomic E-state index is 13.9. The number of nitrogens with one attached hydrogen (secondary N) is 2. The third-order valence-corrected chi connectivity index (χ3v) is 14.7. The fraction of sp³-hybridized carbons (Fsp3) is 0.400. The van der Waals surface area contributed by atoms with Gasteiger partial charge in [-0.25, -0.2) is 4.98 Å². The normalized spacial score (nSPS) is 17.6. The van der Waals surface area contributed by atoms with Crippen molar-refractivity contribution in [2.75, 3.05) is 26.3 Å². The van der Waals surface area contributed by atoms with E-state index in [9.17, 15) is 19.5 Å². The van der Waals surface area contributed by atoms with Crippen molar-refractivity contribution in [3.05, 3.63) is 121 Å². The molecule has 354 valence electrons. The fourth-order valence-corrected chi connectivity index (χ4v) is 10.5. The third-order valence-electron chi connectivity index (χ3n) is 12.3. The van der Waals surface area contributed by atoms with E-state index in [-0.39, 0.29) is 50.7 Å². The average molecular weight is 976 g/mol. The number of likely N-dealkylation sites (tertiary alicyclic amines) is 1. The summed E-state index contributed by atoms with van der Waals surface area (Å²) in [7, 11) is 0. The van der Waals surface area contributed by atoms with Gasteiger partial charge >= 0.3 is 0 Å². The van der Waals surface area contributed by atoms with E-state index in [4.69, 9.17) is 21.3 Å². The highest BCUT2D eigenvalue weighted by molar-refractivity contribution is 7.15. The molecule has 0 saturated carbocycles. The van der Waals surface area contributed by atoms with Gasteiger partial charge in [0.05, 0.1) is 51.0 Å². The summed E-state index contributed by atoms with van der Waals surface area (Å²) in [5.41, 5.74) is 6.84. The SMILES string of the molecule is Cc1ncsc1-c1ccc([C@H](C)NC(=O)[C@@]2(O)CCN(C(=O)[C@@H](NC(=O)COCCCn3cc(C#Cc4sc5c(c4C)C(c4ccc(Cl)cc4)=N[C@@H](C)c4nnc(C)n4-5)cn3)C(C)(C)C)C2)cc1. The lowest BCUT2D eigenvalue weighted by Gasteiger charge is -2.34. The first kappa shape index (κ1) is 48.4. The minimum absolute atomic E-state index is 0.0718. The van der Waals surface area contributed by atoms with Crippen molar-refractivity contribution in [3.63, 3.8) is 0 Å². The van der Waals surface area contributed by atoms with Gasteiger partial charge < -0.3 is 25.4 Å². The van der Waals surface area contributed by atoms with Crippen LogP contribution in [0.5, 0.6) is 0 Å². The lowest BCUT2D eigenvalue weighted by atomic mass is 9.85. The predicted octanol–water partition coefficient (Wildman–Crippen LogP) is 7.32. The zero-order chi connectivity index (χ0) is 48.5. The molecular formula is C50H55ClN10O5S2. The molecule has 2 aromatic carbocycles. The van der Waals surface area contributed by atoms with E-state index < -0.39 is 28.9 Å². The Morgan fingerprint density at radius 3 is 2.47 bits per heavy atom. The number of carbonyl (C=O) groups excluding carboxylic acids is 3. The number of aliphatic imine (C=N–C) groups is 1. The van der Waals surface area contributed by atoms with Gasteiger partial charge in [0, 0.05) is 48.5 Å². The average Bonchev–Trinajstić information content (AvgIpc) is 4.15. The van der Waals surface area contributed by atoms with E-state index in [2.05, 4.69) is 54.2 Å². The van der Waals surface area contributed by atoms with Gasteiger partial charge in [0.25, 0.3) is 5.91 Å². The number of benzene rings is 2. The van der Waals surface area contributed by atoms with Gasteiger partial charge in [-0.2, -0.15) is 5.10 Å². The second-order valence-electron chi connectivity index (χ2n) is 18.5. The van der Waals surface area contributed by atoms with Gasteiger partial charge in [-0.1, -0.05) is 80.6 Å². The third kappa shape index (κ3) is 10.3. The molecular weight excluding hydrogens is 920 g/mol. The molecule has 0 bridgehead atoms. The number of carbonyl (C=O) groups is 3. The maximum Gasteiger partial charge on any atom is 0.254 e. The number of aliphatic hydroxyl groups is 1. The Balaban J connectivity index is 0.819. The molecule has 1 fully saturated rings. The molecule has 0 unspecified atom stereocenters. The van der Waals surface area contributed by atoms with E-state index in [0.29, 0.717) is 18.0 Å². The summed E-state index contributed by atoms with van der Waals surface area (Å²) in [6, 6.07) is 14.1. The van der Waals surface area contributed by atoms with Crippen LogP contribution in [0, 0.1) is 38.0 Å². The molecule has 3 N–H and O–H groups in total. The minimum atomic E-state index is -1.77. The number of aryl methyl sites for hydroxylation is 3. The van der Waals surface area contributed by atoms with Crippen molar-refractivity contribution >= 4 is 57.7 Å². The van der Waals surface area contributed by atoms with Crippen molar-refractivity contribution in [1.29, 1.82) is 0 Å². The Morgan fingerprint density at radius 2 is 1.76 bits per heavy atom. The first-order valence-electron chi connectivity index (χ1n) is 22.5. The number of hydrogen-bond acceptors (Lipinski definition) is 12. The lowest BCUT2D eigenvalue weighted by Crippen LogP contribution is -2.56. The Kier molecular flexibility index (Phi) is 14.2. The first-order valence-corrected chi connectivity index (χ1v) is 24.6. The van der Waals surface area contributed by atoms with E-state index in [1.165, 1.54) is 4.90 Å². The van der Waals surface area contributed by atoms with Crippen LogP contribution in [0.15, 0.2) is 71.4 Å². The van der Waals surface area contributed by atoms with Crippen molar-refractivity contribution in [2.45, 2.75) is 98.5 Å². The summed E-state index contributed by atoms with van der Waals surface area (Å²) in [5, 5.41) is 32.2. The van der Waals surface area contributed by atoms with Gasteiger partial charge in [-0.15, -0.1) is 32.9 Å². The molecule has 2 aliphatic heterocycles. The molecule has 0 aliphatic carbocycles. The van der Waals surface area contributed by atoms with Gasteiger partial charge in [0.15, 0.2) is 11.4 Å². The molecule has 15 nitrogen and oxygen atoms in total. The molecule has 6 heterocycles. The van der Waals surface area contributed by atoms with Crippen LogP contribution in [0.3, 0.4) is 0 Å². The number of halogens is 1. The van der Waals surface area contributed by atoms with Crippen LogP contribution >= 0.6 is 34.3 Å². The van der Waals surface area contributed by atoms with Crippen LogP contribution in [0.25, 0.3) is 15.4 Å². The number of thiazole rings is 1. The number of aromatic nitrogens is 6. The van der Waals surface area contributed by atoms with Crippen LogP contribution in [0.1, 0.15) is 110 Å². The number of amides is 3. The van der Waals surface area contributed by atoms with Crippen LogP contribution in [-0.4, -0.2) is 101 Å². The second-order valence-corrected chi connectivity index (χ2v) is 20.8. The molecule has 6 aromatic rings. The van der Waals surface area contributed by atoms with E-state index in [1.54, 1.807) is 33.6 Å². The monoisotopic (exact) mass is 974 g/mol. The van der Waals surface area contributed by atoms with Crippen LogP contribution in [0.2, 0.25) is 5.02 Å². The van der Waals surface area contributed by atoms with Crippen molar-refractivity contribution in [3.8, 4) is 27.3 Å². The summed E-state index contributed by atoms with van der Waals surface area (Å²) in [6.07, 6.45) is 4.26. The zero-order valence-corrected chi connectivity index (χ0v) is 41.8. The summed E-state index contributed by atoms with van der Waals surface area (Å²) >= 11 is 9.40. The Bertz CT molecular complexity index is 2940. The molecule has 1 saturated heterocycles. The van der Waals surface area contributed by atoms with Gasteiger partial charge in [0.1, 0.15) is 29.5 Å². The lowest BCUT2D eigenvalue weighted by molar-refractivity contribution is -0.143. The second kappa shape index (κ2) is 19.9. The molecule has 3 amide bonds. The molecule has 0 radical (unpaired) electrons. The number of thiophene rings is 1. The topological polar surface area (TPSA) is 182 Å². The highest BCUT2D eigenvalue weighted by atomic mass is 35.5. The number of fused-ring (bicyclic) bond motifs is 3. The smallest absolute Gasteiger partial charge is 0.254 e. The molecule has 0 spiro atoms. The number of β-amino-alcohol motifs (C(OH)–C–C–N with tert-alkyl or cyclic N) is 1. The number of hydrogen-bond donors (Lipinski definition) is 3. The number of rotatable bonds is 13.